The highest BCUT2D eigenvalue weighted by molar-refractivity contribution is 7.07. The second-order valence-corrected chi connectivity index (χ2v) is 5.58. The number of guanidine groups is 1. The van der Waals surface area contributed by atoms with Crippen LogP contribution in [0.25, 0.3) is 0 Å². The van der Waals surface area contributed by atoms with Crippen molar-refractivity contribution >= 4 is 17.3 Å². The number of hydrogen-bond donors (Lipinski definition) is 1. The van der Waals surface area contributed by atoms with Gasteiger partial charge in [0.15, 0.2) is 5.96 Å². The molecule has 5 heteroatoms. The number of hydrogen-bond acceptors (Lipinski definition) is 5. The van der Waals surface area contributed by atoms with E-state index >= 15 is 0 Å². The first kappa shape index (κ1) is 14.3. The lowest BCUT2D eigenvalue weighted by atomic mass is 10.1. The van der Waals surface area contributed by atoms with Gasteiger partial charge in [-0.1, -0.05) is 13.8 Å². The summed E-state index contributed by atoms with van der Waals surface area (Å²) in [4.78, 5) is 9.17. The van der Waals surface area contributed by atoms with Crippen LogP contribution in [0, 0.1) is 0 Å². The van der Waals surface area contributed by atoms with Crippen LogP contribution in [-0.2, 0) is 0 Å². The normalized spacial score (nSPS) is 16.8. The Labute approximate surface area is 120 Å². The van der Waals surface area contributed by atoms with Crippen molar-refractivity contribution in [2.45, 2.75) is 19.9 Å². The Kier molecular flexibility index (Phi) is 5.22. The maximum Gasteiger partial charge on any atom is 0.193 e. The molecule has 1 N–H and O–H groups in total. The number of rotatable bonds is 6. The van der Waals surface area contributed by atoms with Crippen LogP contribution >= 0.6 is 11.3 Å². The van der Waals surface area contributed by atoms with Gasteiger partial charge in [0.1, 0.15) is 0 Å². The standard InChI is InChI=1S/C14H24N4S/c1-4-18(5-2)13(12-6-9-19-11-12)10-16-14-15-7-8-17(14)3/h6,9,11,13H,4-5,7-8,10H2,1-3H3,(H,15,16). The summed E-state index contributed by atoms with van der Waals surface area (Å²) in [6.07, 6.45) is 0. The Morgan fingerprint density at radius 1 is 1.47 bits per heavy atom. The summed E-state index contributed by atoms with van der Waals surface area (Å²) in [6.45, 7) is 9.44. The molecule has 0 spiro atoms. The highest BCUT2D eigenvalue weighted by Gasteiger charge is 2.20. The van der Waals surface area contributed by atoms with E-state index in [0.717, 1.165) is 38.7 Å². The molecule has 1 atom stereocenters. The summed E-state index contributed by atoms with van der Waals surface area (Å²) in [5.74, 6) is 1.03. The highest BCUT2D eigenvalue weighted by atomic mass is 32.1. The molecular weight excluding hydrogens is 256 g/mol. The van der Waals surface area contributed by atoms with E-state index in [1.807, 2.05) is 0 Å². The molecule has 0 aliphatic carbocycles. The molecule has 106 valence electrons. The minimum Gasteiger partial charge on any atom is -0.354 e. The van der Waals surface area contributed by atoms with Gasteiger partial charge in [0.25, 0.3) is 0 Å². The van der Waals surface area contributed by atoms with Crippen LogP contribution in [0.5, 0.6) is 0 Å². The zero-order valence-corrected chi connectivity index (χ0v) is 12.9. The Bertz CT molecular complexity index is 398. The molecule has 4 nitrogen and oxygen atoms in total. The first-order valence-corrected chi connectivity index (χ1v) is 7.96. The third kappa shape index (κ3) is 3.48. The average Bonchev–Trinajstić information content (AvgIpc) is 3.06. The van der Waals surface area contributed by atoms with Crippen molar-refractivity contribution in [1.29, 1.82) is 0 Å². The second-order valence-electron chi connectivity index (χ2n) is 4.80. The van der Waals surface area contributed by atoms with E-state index in [9.17, 15) is 0 Å². The topological polar surface area (TPSA) is 30.9 Å². The number of thiophene rings is 1. The molecule has 1 aromatic heterocycles. The van der Waals surface area contributed by atoms with E-state index in [1.165, 1.54) is 5.56 Å². The number of nitrogens with zero attached hydrogens (tertiary/aromatic N) is 3. The lowest BCUT2D eigenvalue weighted by Gasteiger charge is -2.30. The molecule has 0 aromatic carbocycles. The van der Waals surface area contributed by atoms with E-state index in [2.05, 4.69) is 57.8 Å². The summed E-state index contributed by atoms with van der Waals surface area (Å²) in [5.41, 5.74) is 1.41. The maximum atomic E-state index is 4.50. The van der Waals surface area contributed by atoms with Crippen LogP contribution < -0.4 is 5.32 Å². The van der Waals surface area contributed by atoms with Crippen molar-refractivity contribution in [3.05, 3.63) is 22.4 Å². The van der Waals surface area contributed by atoms with Crippen LogP contribution in [0.2, 0.25) is 0 Å². The SMILES string of the molecule is CCN(CC)C(CNC1=NCCN1C)c1ccsc1. The molecule has 2 heterocycles. The molecule has 2 rings (SSSR count). The first-order valence-electron chi connectivity index (χ1n) is 7.01. The fourth-order valence-corrected chi connectivity index (χ4v) is 3.21. The summed E-state index contributed by atoms with van der Waals surface area (Å²) >= 11 is 1.77. The van der Waals surface area contributed by atoms with Gasteiger partial charge in [0, 0.05) is 20.1 Å². The van der Waals surface area contributed by atoms with Crippen LogP contribution in [0.4, 0.5) is 0 Å². The smallest absolute Gasteiger partial charge is 0.193 e. The molecule has 0 fully saturated rings. The van der Waals surface area contributed by atoms with Gasteiger partial charge in [-0.25, -0.2) is 0 Å². The predicted molar refractivity (Wildman–Crippen MR) is 82.9 cm³/mol. The van der Waals surface area contributed by atoms with E-state index < -0.39 is 0 Å². The molecule has 0 radical (unpaired) electrons. The van der Waals surface area contributed by atoms with Gasteiger partial charge in [-0.2, -0.15) is 11.3 Å². The Balaban J connectivity index is 2.02. The monoisotopic (exact) mass is 280 g/mol. The predicted octanol–water partition coefficient (Wildman–Crippen LogP) is 2.02. The largest absolute Gasteiger partial charge is 0.354 e. The van der Waals surface area contributed by atoms with E-state index in [1.54, 1.807) is 11.3 Å². The van der Waals surface area contributed by atoms with Crippen LogP contribution in [-0.4, -0.2) is 55.5 Å². The van der Waals surface area contributed by atoms with Crippen molar-refractivity contribution in [3.63, 3.8) is 0 Å². The molecule has 0 amide bonds. The highest BCUT2D eigenvalue weighted by Crippen LogP contribution is 2.22. The summed E-state index contributed by atoms with van der Waals surface area (Å²) in [7, 11) is 2.09. The quantitative estimate of drug-likeness (QED) is 0.865. The van der Waals surface area contributed by atoms with Crippen molar-refractivity contribution < 1.29 is 0 Å². The van der Waals surface area contributed by atoms with Gasteiger partial charge < -0.3 is 10.2 Å². The summed E-state index contributed by atoms with van der Waals surface area (Å²) < 4.78 is 0. The van der Waals surface area contributed by atoms with Gasteiger partial charge in [0.05, 0.1) is 12.6 Å². The second kappa shape index (κ2) is 6.91. The minimum absolute atomic E-state index is 0.429. The molecule has 19 heavy (non-hydrogen) atoms. The van der Waals surface area contributed by atoms with Gasteiger partial charge in [-0.05, 0) is 35.5 Å². The van der Waals surface area contributed by atoms with Crippen molar-refractivity contribution in [3.8, 4) is 0 Å². The Hall–Kier alpha value is -1.07. The van der Waals surface area contributed by atoms with Gasteiger partial charge >= 0.3 is 0 Å². The van der Waals surface area contributed by atoms with E-state index in [4.69, 9.17) is 0 Å². The molecule has 1 aliphatic heterocycles. The van der Waals surface area contributed by atoms with Gasteiger partial charge in [-0.3, -0.25) is 9.89 Å². The van der Waals surface area contributed by atoms with Gasteiger partial charge in [0.2, 0.25) is 0 Å². The average molecular weight is 280 g/mol. The number of aliphatic imine (C=N–C) groups is 1. The lowest BCUT2D eigenvalue weighted by Crippen LogP contribution is -2.42. The lowest BCUT2D eigenvalue weighted by molar-refractivity contribution is 0.218. The third-order valence-electron chi connectivity index (χ3n) is 3.69. The molecule has 0 saturated carbocycles. The van der Waals surface area contributed by atoms with Crippen molar-refractivity contribution in [2.24, 2.45) is 4.99 Å². The summed E-state index contributed by atoms with van der Waals surface area (Å²) in [5, 5.41) is 7.92. The molecule has 1 aliphatic rings. The molecule has 1 aromatic rings. The molecule has 1 unspecified atom stereocenters. The molecule has 0 saturated heterocycles. The van der Waals surface area contributed by atoms with Crippen molar-refractivity contribution in [2.75, 3.05) is 39.8 Å². The third-order valence-corrected chi connectivity index (χ3v) is 4.39. The maximum absolute atomic E-state index is 4.50. The van der Waals surface area contributed by atoms with E-state index in [-0.39, 0.29) is 0 Å². The Morgan fingerprint density at radius 3 is 2.79 bits per heavy atom. The van der Waals surface area contributed by atoms with Crippen LogP contribution in [0.1, 0.15) is 25.5 Å². The number of likely N-dealkylation sites (N-methyl/N-ethyl adjacent to an activating group) is 2. The van der Waals surface area contributed by atoms with Crippen LogP contribution in [0.3, 0.4) is 0 Å². The fraction of sp³-hybridized carbons (Fsp3) is 0.643. The minimum atomic E-state index is 0.429. The van der Waals surface area contributed by atoms with Crippen LogP contribution in [0.15, 0.2) is 21.8 Å². The summed E-state index contributed by atoms with van der Waals surface area (Å²) in [6, 6.07) is 2.66. The fourth-order valence-electron chi connectivity index (χ4n) is 2.50. The first-order chi connectivity index (χ1) is 9.26. The molecule has 0 bridgehead atoms. The molecular formula is C14H24N4S. The zero-order valence-electron chi connectivity index (χ0n) is 12.1. The zero-order chi connectivity index (χ0) is 13.7. The van der Waals surface area contributed by atoms with E-state index in [0.29, 0.717) is 6.04 Å². The number of nitrogens with one attached hydrogen (secondary N) is 1. The van der Waals surface area contributed by atoms with Gasteiger partial charge in [-0.15, -0.1) is 0 Å². The Morgan fingerprint density at radius 2 is 2.26 bits per heavy atom. The van der Waals surface area contributed by atoms with Crippen molar-refractivity contribution in [1.82, 2.24) is 15.1 Å².